The van der Waals surface area contributed by atoms with Crippen LogP contribution in [0.4, 0.5) is 0 Å². The molecule has 0 saturated carbocycles. The number of para-hydroxylation sites is 1. The maximum atomic E-state index is 12.9. The van der Waals surface area contributed by atoms with Crippen molar-refractivity contribution < 1.29 is 14.3 Å². The molecule has 2 amide bonds. The van der Waals surface area contributed by atoms with Gasteiger partial charge >= 0.3 is 0 Å². The highest BCUT2D eigenvalue weighted by Gasteiger charge is 2.31. The third-order valence-electron chi connectivity index (χ3n) is 4.22. The summed E-state index contributed by atoms with van der Waals surface area (Å²) >= 11 is 0. The molecule has 2 heterocycles. The van der Waals surface area contributed by atoms with Crippen LogP contribution >= 0.6 is 0 Å². The van der Waals surface area contributed by atoms with Gasteiger partial charge in [0.15, 0.2) is 0 Å². The smallest absolute Gasteiger partial charge is 0.244 e. The third-order valence-corrected chi connectivity index (χ3v) is 4.22. The number of carbonyl (C=O) groups is 2. The Morgan fingerprint density at radius 1 is 1.27 bits per heavy atom. The van der Waals surface area contributed by atoms with Crippen molar-refractivity contribution in [2.24, 2.45) is 0 Å². The molecule has 22 heavy (non-hydrogen) atoms. The molecule has 0 bridgehead atoms. The largest absolute Gasteiger partial charge is 0.492 e. The van der Waals surface area contributed by atoms with Gasteiger partial charge in [0.1, 0.15) is 18.4 Å². The number of nitrogens with one attached hydrogen (secondary N) is 1. The van der Waals surface area contributed by atoms with E-state index in [9.17, 15) is 9.59 Å². The van der Waals surface area contributed by atoms with Gasteiger partial charge in [0.2, 0.25) is 11.8 Å². The average Bonchev–Trinajstić information content (AvgIpc) is 2.84. The van der Waals surface area contributed by atoms with Crippen molar-refractivity contribution in [1.29, 1.82) is 0 Å². The maximum absolute atomic E-state index is 12.9. The van der Waals surface area contributed by atoms with Crippen LogP contribution in [0.1, 0.15) is 18.0 Å². The van der Waals surface area contributed by atoms with Crippen LogP contribution in [0.15, 0.2) is 24.3 Å². The number of rotatable bonds is 1. The van der Waals surface area contributed by atoms with Crippen molar-refractivity contribution in [3.63, 3.8) is 0 Å². The number of fused-ring (bicyclic) bond motifs is 1. The Hall–Kier alpha value is -2.08. The summed E-state index contributed by atoms with van der Waals surface area (Å²) in [6.07, 6.45) is 0.382. The van der Waals surface area contributed by atoms with E-state index in [2.05, 4.69) is 5.32 Å². The fourth-order valence-electron chi connectivity index (χ4n) is 2.88. The number of benzene rings is 1. The van der Waals surface area contributed by atoms with Gasteiger partial charge in [0.05, 0.1) is 0 Å². The predicted octanol–water partition coefficient (Wildman–Crippen LogP) is 0.400. The summed E-state index contributed by atoms with van der Waals surface area (Å²) in [5, 5.41) is 3.26. The molecule has 1 atom stereocenters. The van der Waals surface area contributed by atoms with Crippen LogP contribution in [-0.2, 0) is 9.59 Å². The van der Waals surface area contributed by atoms with E-state index in [1.165, 1.54) is 0 Å². The van der Waals surface area contributed by atoms with Gasteiger partial charge in [-0.15, -0.1) is 0 Å². The molecule has 6 heteroatoms. The molecule has 1 fully saturated rings. The zero-order chi connectivity index (χ0) is 15.5. The topological polar surface area (TPSA) is 61.9 Å². The van der Waals surface area contributed by atoms with Crippen LogP contribution in [0.5, 0.6) is 5.75 Å². The van der Waals surface area contributed by atoms with E-state index < -0.39 is 6.04 Å². The van der Waals surface area contributed by atoms with Gasteiger partial charge < -0.3 is 14.5 Å². The van der Waals surface area contributed by atoms with E-state index >= 15 is 0 Å². The Kier molecular flexibility index (Phi) is 4.29. The Morgan fingerprint density at radius 3 is 2.95 bits per heavy atom. The van der Waals surface area contributed by atoms with Crippen LogP contribution < -0.4 is 10.1 Å². The standard InChI is InChI=1S/C16H21N3O3/c1-18-9-10-19(8-6-14(18)20)16(21)15-12-4-2-3-5-13(12)22-11-7-17-15/h2-5,15,17H,6-11H2,1H3. The molecule has 0 aromatic heterocycles. The molecule has 3 rings (SSSR count). The summed E-state index contributed by atoms with van der Waals surface area (Å²) in [6.45, 7) is 2.79. The number of ether oxygens (including phenoxy) is 1. The SMILES string of the molecule is CN1CCN(C(=O)C2NCCOc3ccccc32)CCC1=O. The lowest BCUT2D eigenvalue weighted by Crippen LogP contribution is -2.42. The molecule has 1 aromatic rings. The second-order valence-corrected chi connectivity index (χ2v) is 5.66. The second kappa shape index (κ2) is 6.36. The molecule has 1 N–H and O–H groups in total. The summed E-state index contributed by atoms with van der Waals surface area (Å²) in [6, 6.07) is 7.23. The zero-order valence-electron chi connectivity index (χ0n) is 12.7. The molecule has 2 aliphatic rings. The van der Waals surface area contributed by atoms with Crippen molar-refractivity contribution in [3.8, 4) is 5.75 Å². The van der Waals surface area contributed by atoms with Gasteiger partial charge in [-0.3, -0.25) is 14.9 Å². The van der Waals surface area contributed by atoms with Crippen molar-refractivity contribution >= 4 is 11.8 Å². The highest BCUT2D eigenvalue weighted by atomic mass is 16.5. The number of hydrogen-bond donors (Lipinski definition) is 1. The van der Waals surface area contributed by atoms with Crippen molar-refractivity contribution in [1.82, 2.24) is 15.1 Å². The lowest BCUT2D eigenvalue weighted by Gasteiger charge is -2.26. The van der Waals surface area contributed by atoms with Crippen molar-refractivity contribution in [2.45, 2.75) is 12.5 Å². The Morgan fingerprint density at radius 2 is 2.09 bits per heavy atom. The normalized spacial score (nSPS) is 22.4. The van der Waals surface area contributed by atoms with E-state index in [-0.39, 0.29) is 11.8 Å². The third kappa shape index (κ3) is 2.92. The minimum atomic E-state index is -0.405. The molecule has 2 aliphatic heterocycles. The molecule has 1 unspecified atom stereocenters. The second-order valence-electron chi connectivity index (χ2n) is 5.66. The van der Waals surface area contributed by atoms with Crippen LogP contribution in [0.3, 0.4) is 0 Å². The van der Waals surface area contributed by atoms with Gasteiger partial charge in [-0.1, -0.05) is 18.2 Å². The first kappa shape index (κ1) is 14.8. The van der Waals surface area contributed by atoms with Crippen molar-refractivity contribution in [2.75, 3.05) is 39.8 Å². The van der Waals surface area contributed by atoms with Crippen LogP contribution in [0, 0.1) is 0 Å². The van der Waals surface area contributed by atoms with Gasteiger partial charge in [-0.25, -0.2) is 0 Å². The Balaban J connectivity index is 1.81. The fraction of sp³-hybridized carbons (Fsp3) is 0.500. The zero-order valence-corrected chi connectivity index (χ0v) is 12.7. The summed E-state index contributed by atoms with van der Waals surface area (Å²) in [4.78, 5) is 28.1. The molecule has 0 spiro atoms. The summed E-state index contributed by atoms with van der Waals surface area (Å²) in [7, 11) is 1.78. The number of hydrogen-bond acceptors (Lipinski definition) is 4. The number of nitrogens with zero attached hydrogens (tertiary/aromatic N) is 2. The van der Waals surface area contributed by atoms with Crippen LogP contribution in [0.25, 0.3) is 0 Å². The van der Waals surface area contributed by atoms with Gasteiger partial charge in [-0.05, 0) is 6.07 Å². The lowest BCUT2D eigenvalue weighted by atomic mass is 10.0. The molecule has 6 nitrogen and oxygen atoms in total. The molecular formula is C16H21N3O3. The molecule has 118 valence electrons. The quantitative estimate of drug-likeness (QED) is 0.816. The summed E-state index contributed by atoms with van der Waals surface area (Å²) in [5.41, 5.74) is 0.869. The van der Waals surface area contributed by atoms with Crippen LogP contribution in [0.2, 0.25) is 0 Å². The Labute approximate surface area is 130 Å². The molecule has 1 saturated heterocycles. The first-order valence-electron chi connectivity index (χ1n) is 7.64. The van der Waals surface area contributed by atoms with E-state index in [1.807, 2.05) is 24.3 Å². The number of likely N-dealkylation sites (N-methyl/N-ethyl adjacent to an activating group) is 1. The summed E-state index contributed by atoms with van der Waals surface area (Å²) < 4.78 is 5.68. The Bertz CT molecular complexity index is 576. The average molecular weight is 303 g/mol. The molecule has 0 aliphatic carbocycles. The fourth-order valence-corrected chi connectivity index (χ4v) is 2.88. The number of amides is 2. The first-order chi connectivity index (χ1) is 10.7. The molecule has 1 aromatic carbocycles. The molecule has 0 radical (unpaired) electrons. The van der Waals surface area contributed by atoms with Gasteiger partial charge in [0.25, 0.3) is 0 Å². The monoisotopic (exact) mass is 303 g/mol. The highest BCUT2D eigenvalue weighted by molar-refractivity contribution is 5.85. The van der Waals surface area contributed by atoms with E-state index in [1.54, 1.807) is 16.8 Å². The van der Waals surface area contributed by atoms with Crippen molar-refractivity contribution in [3.05, 3.63) is 29.8 Å². The van der Waals surface area contributed by atoms with Gasteiger partial charge in [-0.2, -0.15) is 0 Å². The highest BCUT2D eigenvalue weighted by Crippen LogP contribution is 2.28. The summed E-state index contributed by atoms with van der Waals surface area (Å²) in [5.74, 6) is 0.864. The van der Waals surface area contributed by atoms with E-state index in [0.29, 0.717) is 39.2 Å². The maximum Gasteiger partial charge on any atom is 0.244 e. The number of carbonyl (C=O) groups excluding carboxylic acids is 2. The predicted molar refractivity (Wildman–Crippen MR) is 81.5 cm³/mol. The van der Waals surface area contributed by atoms with Gasteiger partial charge in [0, 0.05) is 45.2 Å². The first-order valence-corrected chi connectivity index (χ1v) is 7.64. The van der Waals surface area contributed by atoms with E-state index in [4.69, 9.17) is 4.74 Å². The lowest BCUT2D eigenvalue weighted by molar-refractivity contribution is -0.133. The van der Waals surface area contributed by atoms with E-state index in [0.717, 1.165) is 11.3 Å². The molecular weight excluding hydrogens is 282 g/mol. The minimum Gasteiger partial charge on any atom is -0.492 e. The minimum absolute atomic E-state index is 0.0149. The van der Waals surface area contributed by atoms with Crippen LogP contribution in [-0.4, -0.2) is 61.4 Å².